The van der Waals surface area contributed by atoms with Gasteiger partial charge in [-0.3, -0.25) is 4.68 Å². The van der Waals surface area contributed by atoms with Gasteiger partial charge in [-0.1, -0.05) is 0 Å². The molecule has 2 heterocycles. The zero-order chi connectivity index (χ0) is 14.2. The fourth-order valence-corrected chi connectivity index (χ4v) is 1.95. The molecule has 1 aliphatic rings. The highest BCUT2D eigenvalue weighted by atomic mass is 19.4. The topological polar surface area (TPSA) is 43.0 Å². The summed E-state index contributed by atoms with van der Waals surface area (Å²) in [6.07, 6.45) is 0.810. The van der Waals surface area contributed by atoms with Crippen molar-refractivity contribution in [2.45, 2.75) is 38.1 Å². The summed E-state index contributed by atoms with van der Waals surface area (Å²) in [6, 6.07) is 3.36. The van der Waals surface area contributed by atoms with Gasteiger partial charge in [-0.25, -0.2) is 0 Å². The average molecular weight is 285 g/mol. The Labute approximate surface area is 113 Å². The fraction of sp³-hybridized carbons (Fsp3) is 0.462. The third-order valence-electron chi connectivity index (χ3n) is 3.23. The molecule has 7 heteroatoms. The second-order valence-electron chi connectivity index (χ2n) is 4.92. The van der Waals surface area contributed by atoms with Gasteiger partial charge < -0.3 is 9.73 Å². The number of hydrogen-bond donors (Lipinski definition) is 1. The van der Waals surface area contributed by atoms with Gasteiger partial charge in [0.1, 0.15) is 5.76 Å². The lowest BCUT2D eigenvalue weighted by Gasteiger charge is -2.05. The Balaban J connectivity index is 1.67. The molecule has 20 heavy (non-hydrogen) atoms. The van der Waals surface area contributed by atoms with Crippen LogP contribution in [0.4, 0.5) is 13.2 Å². The summed E-state index contributed by atoms with van der Waals surface area (Å²) in [7, 11) is 0. The van der Waals surface area contributed by atoms with Crippen LogP contribution >= 0.6 is 0 Å². The molecule has 0 bridgehead atoms. The summed E-state index contributed by atoms with van der Waals surface area (Å²) >= 11 is 0. The number of aromatic nitrogens is 2. The Kier molecular flexibility index (Phi) is 3.29. The third kappa shape index (κ3) is 3.04. The second-order valence-corrected chi connectivity index (χ2v) is 4.92. The van der Waals surface area contributed by atoms with Gasteiger partial charge in [0.05, 0.1) is 12.8 Å². The van der Waals surface area contributed by atoms with Crippen LogP contribution in [0.5, 0.6) is 0 Å². The molecule has 108 valence electrons. The smallest absolute Gasteiger partial charge is 0.435 e. The van der Waals surface area contributed by atoms with Crippen LogP contribution in [0.2, 0.25) is 0 Å². The summed E-state index contributed by atoms with van der Waals surface area (Å²) in [5.74, 6) is 0.634. The zero-order valence-corrected chi connectivity index (χ0v) is 10.7. The molecule has 0 spiro atoms. The Morgan fingerprint density at radius 1 is 1.35 bits per heavy atom. The molecule has 4 nitrogen and oxygen atoms in total. The van der Waals surface area contributed by atoms with Crippen LogP contribution in [0.15, 0.2) is 29.0 Å². The van der Waals surface area contributed by atoms with Crippen LogP contribution in [0.1, 0.15) is 29.9 Å². The quantitative estimate of drug-likeness (QED) is 0.918. The maximum atomic E-state index is 12.5. The van der Waals surface area contributed by atoms with E-state index < -0.39 is 11.9 Å². The zero-order valence-electron chi connectivity index (χ0n) is 10.7. The van der Waals surface area contributed by atoms with Crippen LogP contribution < -0.4 is 5.32 Å². The molecule has 2 aromatic heterocycles. The Hall–Kier alpha value is -1.76. The highest BCUT2D eigenvalue weighted by Gasteiger charge is 2.33. The van der Waals surface area contributed by atoms with Crippen molar-refractivity contribution < 1.29 is 17.6 Å². The van der Waals surface area contributed by atoms with Gasteiger partial charge in [0.15, 0.2) is 5.69 Å². The molecule has 1 fully saturated rings. The van der Waals surface area contributed by atoms with Crippen molar-refractivity contribution in [1.29, 1.82) is 0 Å². The number of rotatable bonds is 5. The number of nitrogens with zero attached hydrogens (tertiary/aromatic N) is 2. The van der Waals surface area contributed by atoms with E-state index in [-0.39, 0.29) is 6.54 Å². The lowest BCUT2D eigenvalue weighted by atomic mass is 10.2. The molecule has 0 atom stereocenters. The van der Waals surface area contributed by atoms with E-state index in [0.29, 0.717) is 18.3 Å². The van der Waals surface area contributed by atoms with Gasteiger partial charge in [0.2, 0.25) is 0 Å². The van der Waals surface area contributed by atoms with Gasteiger partial charge in [-0.2, -0.15) is 18.3 Å². The fourth-order valence-electron chi connectivity index (χ4n) is 1.95. The number of hydrogen-bond acceptors (Lipinski definition) is 3. The van der Waals surface area contributed by atoms with Crippen LogP contribution in [-0.2, 0) is 19.3 Å². The SMILES string of the molecule is FC(F)(F)c1ccn(Cc2occc2CNC2CC2)n1. The van der Waals surface area contributed by atoms with Crippen LogP contribution in [0.3, 0.4) is 0 Å². The van der Waals surface area contributed by atoms with Gasteiger partial charge in [-0.15, -0.1) is 0 Å². The molecule has 0 amide bonds. The third-order valence-corrected chi connectivity index (χ3v) is 3.23. The van der Waals surface area contributed by atoms with E-state index >= 15 is 0 Å². The van der Waals surface area contributed by atoms with Crippen molar-refractivity contribution in [2.24, 2.45) is 0 Å². The first-order valence-corrected chi connectivity index (χ1v) is 6.41. The Bertz CT molecular complexity index is 584. The molecule has 1 aliphatic carbocycles. The molecular weight excluding hydrogens is 271 g/mol. The maximum Gasteiger partial charge on any atom is 0.435 e. The molecular formula is C13H14F3N3O. The lowest BCUT2D eigenvalue weighted by molar-refractivity contribution is -0.141. The van der Waals surface area contributed by atoms with Crippen molar-refractivity contribution in [3.63, 3.8) is 0 Å². The minimum Gasteiger partial charge on any atom is -0.467 e. The van der Waals surface area contributed by atoms with Gasteiger partial charge in [0.25, 0.3) is 0 Å². The van der Waals surface area contributed by atoms with E-state index in [2.05, 4.69) is 10.4 Å². The van der Waals surface area contributed by atoms with Gasteiger partial charge >= 0.3 is 6.18 Å². The largest absolute Gasteiger partial charge is 0.467 e. The van der Waals surface area contributed by atoms with E-state index in [0.717, 1.165) is 11.6 Å². The van der Waals surface area contributed by atoms with Gasteiger partial charge in [-0.05, 0) is 25.0 Å². The van der Waals surface area contributed by atoms with Crippen molar-refractivity contribution >= 4 is 0 Å². The van der Waals surface area contributed by atoms with Crippen LogP contribution in [0, 0.1) is 0 Å². The van der Waals surface area contributed by atoms with Gasteiger partial charge in [0, 0.05) is 24.3 Å². The monoisotopic (exact) mass is 285 g/mol. The summed E-state index contributed by atoms with van der Waals surface area (Å²) < 4.78 is 44.0. The number of furan rings is 1. The van der Waals surface area contributed by atoms with Crippen molar-refractivity contribution in [2.75, 3.05) is 0 Å². The summed E-state index contributed by atoms with van der Waals surface area (Å²) in [4.78, 5) is 0. The first-order valence-electron chi connectivity index (χ1n) is 6.41. The van der Waals surface area contributed by atoms with Crippen molar-refractivity contribution in [3.05, 3.63) is 41.6 Å². The van der Waals surface area contributed by atoms with E-state index in [1.54, 1.807) is 6.26 Å². The number of alkyl halides is 3. The molecule has 0 unspecified atom stereocenters. The molecule has 0 aliphatic heterocycles. The predicted molar refractivity (Wildman–Crippen MR) is 64.9 cm³/mol. The normalized spacial score (nSPS) is 15.8. The molecule has 1 saturated carbocycles. The average Bonchev–Trinajstić information content (AvgIpc) is 2.90. The molecule has 0 aromatic carbocycles. The predicted octanol–water partition coefficient (Wildman–Crippen LogP) is 2.80. The Morgan fingerprint density at radius 3 is 2.80 bits per heavy atom. The number of nitrogens with one attached hydrogen (secondary N) is 1. The molecule has 1 N–H and O–H groups in total. The summed E-state index contributed by atoms with van der Waals surface area (Å²) in [5.41, 5.74) is 0.0719. The van der Waals surface area contributed by atoms with E-state index in [1.807, 2.05) is 6.07 Å². The highest BCUT2D eigenvalue weighted by Crippen LogP contribution is 2.27. The lowest BCUT2D eigenvalue weighted by Crippen LogP contribution is -2.16. The maximum absolute atomic E-state index is 12.5. The molecule has 0 radical (unpaired) electrons. The summed E-state index contributed by atoms with van der Waals surface area (Å²) in [5, 5.41) is 6.86. The standard InChI is InChI=1S/C13H14F3N3O/c14-13(15,16)12-3-5-19(18-12)8-11-9(4-6-20-11)7-17-10-1-2-10/h3-6,10,17H,1-2,7-8H2. The van der Waals surface area contributed by atoms with E-state index in [4.69, 9.17) is 4.42 Å². The molecule has 2 aromatic rings. The Morgan fingerprint density at radius 2 is 2.15 bits per heavy atom. The highest BCUT2D eigenvalue weighted by molar-refractivity contribution is 5.18. The second kappa shape index (κ2) is 4.97. The first kappa shape index (κ1) is 13.2. The minimum absolute atomic E-state index is 0.199. The summed E-state index contributed by atoms with van der Waals surface area (Å²) in [6.45, 7) is 0.870. The number of halogens is 3. The van der Waals surface area contributed by atoms with E-state index in [9.17, 15) is 13.2 Å². The van der Waals surface area contributed by atoms with Crippen LogP contribution in [0.25, 0.3) is 0 Å². The first-order chi connectivity index (χ1) is 9.52. The van der Waals surface area contributed by atoms with Crippen molar-refractivity contribution in [1.82, 2.24) is 15.1 Å². The molecule has 3 rings (SSSR count). The minimum atomic E-state index is -4.41. The van der Waals surface area contributed by atoms with Crippen LogP contribution in [-0.4, -0.2) is 15.8 Å². The molecule has 0 saturated heterocycles. The van der Waals surface area contributed by atoms with Crippen molar-refractivity contribution in [3.8, 4) is 0 Å². The van der Waals surface area contributed by atoms with E-state index in [1.165, 1.54) is 23.7 Å².